The highest BCUT2D eigenvalue weighted by Gasteiger charge is 2.25. The van der Waals surface area contributed by atoms with Gasteiger partial charge in [0, 0.05) is 12.8 Å². The number of carbonyl (C=O) groups is 3. The summed E-state index contributed by atoms with van der Waals surface area (Å²) >= 11 is 0. The van der Waals surface area contributed by atoms with Crippen LogP contribution in [0.1, 0.15) is 418 Å². The second-order valence-corrected chi connectivity index (χ2v) is 30.1. The van der Waals surface area contributed by atoms with Crippen molar-refractivity contribution in [1.82, 2.24) is 0 Å². The fourth-order valence-electron chi connectivity index (χ4n) is 12.8. The van der Waals surface area contributed by atoms with Gasteiger partial charge in [0.2, 0.25) is 0 Å². The van der Waals surface area contributed by atoms with E-state index >= 15 is 0 Å². The van der Waals surface area contributed by atoms with Crippen molar-refractivity contribution < 1.29 is 42.9 Å². The smallest absolute Gasteiger partial charge is 0.361 e. The maximum atomic E-state index is 13.0. The molecule has 0 aromatic carbocycles. The molecule has 0 spiro atoms. The van der Waals surface area contributed by atoms with Gasteiger partial charge in [0.15, 0.2) is 6.10 Å². The van der Waals surface area contributed by atoms with E-state index in [1.54, 1.807) is 0 Å². The van der Waals surface area contributed by atoms with E-state index in [2.05, 4.69) is 86.8 Å². The number of quaternary nitrogens is 1. The van der Waals surface area contributed by atoms with Crippen LogP contribution in [0.4, 0.5) is 0 Å². The molecule has 0 saturated heterocycles. The van der Waals surface area contributed by atoms with Gasteiger partial charge in [0.25, 0.3) is 6.29 Å². The minimum absolute atomic E-state index is 0.176. The van der Waals surface area contributed by atoms with Gasteiger partial charge in [-0.2, -0.15) is 0 Å². The van der Waals surface area contributed by atoms with E-state index in [4.69, 9.17) is 18.9 Å². The van der Waals surface area contributed by atoms with E-state index in [0.717, 1.165) is 77.0 Å². The lowest BCUT2D eigenvalue weighted by atomic mass is 10.0. The number of hydrogen-bond donors (Lipinski definition) is 1. The van der Waals surface area contributed by atoms with Crippen molar-refractivity contribution in [2.24, 2.45) is 0 Å². The molecule has 2 atom stereocenters. The number of nitrogens with zero attached hydrogens (tertiary/aromatic N) is 1. The third-order valence-electron chi connectivity index (χ3n) is 19.2. The quantitative estimate of drug-likeness (QED) is 0.0211. The summed E-state index contributed by atoms with van der Waals surface area (Å²) in [4.78, 5) is 37.8. The first-order chi connectivity index (χ1) is 48.1. The van der Waals surface area contributed by atoms with Crippen molar-refractivity contribution in [2.75, 3.05) is 47.5 Å². The fourth-order valence-corrected chi connectivity index (χ4v) is 12.8. The van der Waals surface area contributed by atoms with E-state index in [-0.39, 0.29) is 38.2 Å². The van der Waals surface area contributed by atoms with Gasteiger partial charge in [-0.1, -0.05) is 414 Å². The highest BCUT2D eigenvalue weighted by molar-refractivity contribution is 5.71. The number of hydrogen-bond acceptors (Lipinski definition) is 7. The Morgan fingerprint density at radius 1 is 0.316 bits per heavy atom. The topological polar surface area (TPSA) is 108 Å². The number of unbranched alkanes of at least 4 members (excludes halogenated alkanes) is 53. The molecule has 9 nitrogen and oxygen atoms in total. The van der Waals surface area contributed by atoms with Crippen LogP contribution < -0.4 is 0 Å². The number of rotatable bonds is 80. The van der Waals surface area contributed by atoms with Gasteiger partial charge in [-0.05, 0) is 64.2 Å². The lowest BCUT2D eigenvalue weighted by Gasteiger charge is -2.25. The summed E-state index contributed by atoms with van der Waals surface area (Å²) in [7, 11) is 6.00. The molecule has 0 heterocycles. The molecule has 0 rings (SSSR count). The minimum Gasteiger partial charge on any atom is -0.477 e. The van der Waals surface area contributed by atoms with Crippen molar-refractivity contribution >= 4 is 17.9 Å². The Hall–Kier alpha value is -3.27. The Balaban J connectivity index is 3.94. The average molecular weight is 1380 g/mol. The molecule has 0 amide bonds. The second-order valence-electron chi connectivity index (χ2n) is 30.1. The predicted molar refractivity (Wildman–Crippen MR) is 424 cm³/mol. The van der Waals surface area contributed by atoms with Gasteiger partial charge in [0.05, 0.1) is 34.4 Å². The monoisotopic (exact) mass is 1380 g/mol. The zero-order valence-corrected chi connectivity index (χ0v) is 65.7. The lowest BCUT2D eigenvalue weighted by molar-refractivity contribution is -0.870. The second kappa shape index (κ2) is 79.4. The van der Waals surface area contributed by atoms with Crippen molar-refractivity contribution in [2.45, 2.75) is 431 Å². The first-order valence-corrected chi connectivity index (χ1v) is 42.6. The molecule has 0 aliphatic heterocycles. The Morgan fingerprint density at radius 2 is 0.582 bits per heavy atom. The predicted octanol–water partition coefficient (Wildman–Crippen LogP) is 27.5. The highest BCUT2D eigenvalue weighted by atomic mass is 16.7. The molecule has 0 aromatic rings. The maximum absolute atomic E-state index is 13.0. The van der Waals surface area contributed by atoms with E-state index in [0.29, 0.717) is 17.4 Å². The van der Waals surface area contributed by atoms with Crippen LogP contribution in [0.15, 0.2) is 72.9 Å². The van der Waals surface area contributed by atoms with Crippen LogP contribution in [-0.4, -0.2) is 87.4 Å². The molecule has 9 heteroatoms. The summed E-state index contributed by atoms with van der Waals surface area (Å²) in [5.74, 6) is -1.97. The standard InChI is InChI=1S/C89H163NO8/c1-6-8-10-12-14-16-18-20-22-24-26-28-30-32-34-36-38-40-41-42-43-44-45-46-47-48-50-52-54-56-58-60-62-64-66-68-70-72-74-76-78-80-87(92)98-85(84-97-89(88(93)94)95-82-81-90(3,4)5)83-96-86(91)79-77-75-73-71-69-67-65-63-61-59-57-55-53-51-49-39-37-35-33-31-29-27-25-23-21-19-17-15-13-11-9-7-2/h8,10,14,16,20,22,26,28,32,34,38,40,85,89H,6-7,9,11-13,15,17-19,21,23-25,27,29-31,33,35-37,39,41-84H2,1-5H3/p+1/b10-8-,16-14-,22-20-,28-26-,34-32-,40-38-. The van der Waals surface area contributed by atoms with E-state index in [1.165, 1.54) is 315 Å². The van der Waals surface area contributed by atoms with Crippen LogP contribution in [-0.2, 0) is 33.3 Å². The van der Waals surface area contributed by atoms with Crippen LogP contribution in [0.2, 0.25) is 0 Å². The molecule has 0 radical (unpaired) electrons. The summed E-state index contributed by atoms with van der Waals surface area (Å²) in [6.07, 6.45) is 105. The third kappa shape index (κ3) is 80.0. The first kappa shape index (κ1) is 94.7. The van der Waals surface area contributed by atoms with Crippen LogP contribution in [0.5, 0.6) is 0 Å². The van der Waals surface area contributed by atoms with Gasteiger partial charge in [-0.15, -0.1) is 0 Å². The summed E-state index contributed by atoms with van der Waals surface area (Å²) in [5.41, 5.74) is 0. The van der Waals surface area contributed by atoms with Crippen molar-refractivity contribution in [3.63, 3.8) is 0 Å². The van der Waals surface area contributed by atoms with E-state index < -0.39 is 18.4 Å². The summed E-state index contributed by atoms with van der Waals surface area (Å²) in [5, 5.41) is 9.79. The summed E-state index contributed by atoms with van der Waals surface area (Å²) < 4.78 is 23.1. The molecule has 0 aliphatic rings. The van der Waals surface area contributed by atoms with Crippen molar-refractivity contribution in [3.05, 3.63) is 72.9 Å². The van der Waals surface area contributed by atoms with Gasteiger partial charge in [-0.3, -0.25) is 9.59 Å². The fraction of sp³-hybridized carbons (Fsp3) is 0.831. The number of ether oxygens (including phenoxy) is 4. The van der Waals surface area contributed by atoms with Gasteiger partial charge in [0.1, 0.15) is 13.2 Å². The van der Waals surface area contributed by atoms with Gasteiger partial charge < -0.3 is 28.5 Å². The van der Waals surface area contributed by atoms with Crippen LogP contribution >= 0.6 is 0 Å². The summed E-state index contributed by atoms with van der Waals surface area (Å²) in [6, 6.07) is 0. The van der Waals surface area contributed by atoms with E-state index in [1.807, 2.05) is 21.1 Å². The molecule has 0 fully saturated rings. The number of carbonyl (C=O) groups excluding carboxylic acids is 2. The number of esters is 2. The van der Waals surface area contributed by atoms with Gasteiger partial charge >= 0.3 is 17.9 Å². The molecule has 572 valence electrons. The van der Waals surface area contributed by atoms with Crippen LogP contribution in [0.3, 0.4) is 0 Å². The molecule has 0 aromatic heterocycles. The molecule has 1 N–H and O–H groups in total. The maximum Gasteiger partial charge on any atom is 0.361 e. The Kier molecular flexibility index (Phi) is 76.8. The molecule has 0 saturated carbocycles. The molecular weight excluding hydrogens is 1210 g/mol. The lowest BCUT2D eigenvalue weighted by Crippen LogP contribution is -2.40. The molecule has 0 aliphatic carbocycles. The number of aliphatic carboxylic acids is 1. The number of allylic oxidation sites excluding steroid dienone is 12. The Morgan fingerprint density at radius 3 is 0.867 bits per heavy atom. The third-order valence-corrected chi connectivity index (χ3v) is 19.2. The molecule has 0 bridgehead atoms. The van der Waals surface area contributed by atoms with Crippen molar-refractivity contribution in [3.8, 4) is 0 Å². The Bertz CT molecular complexity index is 1850. The van der Waals surface area contributed by atoms with Crippen LogP contribution in [0, 0.1) is 0 Å². The van der Waals surface area contributed by atoms with Crippen molar-refractivity contribution in [1.29, 1.82) is 0 Å². The van der Waals surface area contributed by atoms with E-state index in [9.17, 15) is 19.5 Å². The highest BCUT2D eigenvalue weighted by Crippen LogP contribution is 2.20. The molecule has 98 heavy (non-hydrogen) atoms. The average Bonchev–Trinajstić information content (AvgIpc) is 1.40. The first-order valence-electron chi connectivity index (χ1n) is 42.6. The zero-order chi connectivity index (χ0) is 71.1. The zero-order valence-electron chi connectivity index (χ0n) is 65.7. The molecular formula is C89H164NO8+. The SMILES string of the molecule is CC/C=C\C/C=C\C/C=C\C/C=C\C/C=C\C/C=C\CCCCCCCCCCCCCCCCCCCCCCCCC(=O)OC(COC(=O)CCCCCCCCCCCCCCCCCCCCCCCCCCCCCCCCCC)COC(OCC[N+](C)(C)C)C(=O)O. The van der Waals surface area contributed by atoms with Crippen LogP contribution in [0.25, 0.3) is 0 Å². The summed E-state index contributed by atoms with van der Waals surface area (Å²) in [6.45, 7) is 4.84. The number of likely N-dealkylation sites (N-methyl/N-ethyl adjacent to an activating group) is 1. The normalized spacial score (nSPS) is 12.9. The minimum atomic E-state index is -1.51. The number of carboxylic acids is 1. The Labute approximate surface area is 608 Å². The number of carboxylic acid groups (broad SMARTS) is 1. The van der Waals surface area contributed by atoms with Gasteiger partial charge in [-0.25, -0.2) is 4.79 Å². The largest absolute Gasteiger partial charge is 0.477 e. The molecule has 2 unspecified atom stereocenters.